The minimum Gasteiger partial charge on any atom is -0.480 e. The Kier molecular flexibility index (Phi) is 12.4. The van der Waals surface area contributed by atoms with Gasteiger partial charge in [0.05, 0.1) is 0 Å². The molecular formula is C14H29NO3. The van der Waals surface area contributed by atoms with E-state index in [-0.39, 0.29) is 0 Å². The molecule has 4 heteroatoms. The molecule has 0 aromatic heterocycles. The highest BCUT2D eigenvalue weighted by molar-refractivity contribution is 5.73. The summed E-state index contributed by atoms with van der Waals surface area (Å²) in [5.74, 6) is -0.792. The van der Waals surface area contributed by atoms with Crippen LogP contribution in [0.5, 0.6) is 0 Å². The topological polar surface area (TPSA) is 58.6 Å². The highest BCUT2D eigenvalue weighted by atomic mass is 16.5. The molecule has 0 bridgehead atoms. The largest absolute Gasteiger partial charge is 0.480 e. The van der Waals surface area contributed by atoms with Gasteiger partial charge in [0.15, 0.2) is 0 Å². The lowest BCUT2D eigenvalue weighted by Gasteiger charge is -2.12. The molecule has 2 N–H and O–H groups in total. The van der Waals surface area contributed by atoms with Gasteiger partial charge in [-0.25, -0.2) is 0 Å². The summed E-state index contributed by atoms with van der Waals surface area (Å²) in [4.78, 5) is 10.8. The van der Waals surface area contributed by atoms with E-state index in [1.807, 2.05) is 6.92 Å². The quantitative estimate of drug-likeness (QED) is 0.499. The molecule has 0 fully saturated rings. The van der Waals surface area contributed by atoms with Crippen molar-refractivity contribution in [2.45, 2.75) is 64.8 Å². The third-order valence-corrected chi connectivity index (χ3v) is 2.94. The molecule has 0 amide bonds. The SMILES string of the molecule is CCCCCCCCOCCC(NCC)C(=O)O. The van der Waals surface area contributed by atoms with Crippen LogP contribution < -0.4 is 5.32 Å². The van der Waals surface area contributed by atoms with Crippen molar-refractivity contribution in [2.75, 3.05) is 19.8 Å². The average Bonchev–Trinajstić information content (AvgIpc) is 2.35. The van der Waals surface area contributed by atoms with Crippen molar-refractivity contribution >= 4 is 5.97 Å². The minimum absolute atomic E-state index is 0.473. The predicted octanol–water partition coefficient (Wildman–Crippen LogP) is 2.82. The van der Waals surface area contributed by atoms with E-state index in [4.69, 9.17) is 9.84 Å². The van der Waals surface area contributed by atoms with Crippen LogP contribution in [0.25, 0.3) is 0 Å². The zero-order valence-electron chi connectivity index (χ0n) is 11.9. The van der Waals surface area contributed by atoms with Crippen molar-refractivity contribution in [3.63, 3.8) is 0 Å². The molecule has 0 heterocycles. The fourth-order valence-corrected chi connectivity index (χ4v) is 1.85. The van der Waals surface area contributed by atoms with E-state index in [1.54, 1.807) is 0 Å². The first kappa shape index (κ1) is 17.4. The van der Waals surface area contributed by atoms with Crippen LogP contribution in [-0.2, 0) is 9.53 Å². The number of hydrogen-bond donors (Lipinski definition) is 2. The molecule has 0 radical (unpaired) electrons. The maximum atomic E-state index is 10.8. The number of ether oxygens (including phenoxy) is 1. The molecule has 108 valence electrons. The van der Waals surface area contributed by atoms with E-state index < -0.39 is 12.0 Å². The lowest BCUT2D eigenvalue weighted by molar-refractivity contribution is -0.140. The summed E-state index contributed by atoms with van der Waals surface area (Å²) in [7, 11) is 0. The van der Waals surface area contributed by atoms with Crippen LogP contribution in [0, 0.1) is 0 Å². The van der Waals surface area contributed by atoms with Gasteiger partial charge in [0.25, 0.3) is 0 Å². The standard InChI is InChI=1S/C14H29NO3/c1-3-5-6-7-8-9-11-18-12-10-13(14(16)17)15-4-2/h13,15H,3-12H2,1-2H3,(H,16,17). The Morgan fingerprint density at radius 2 is 1.78 bits per heavy atom. The Morgan fingerprint density at radius 3 is 2.39 bits per heavy atom. The second kappa shape index (κ2) is 12.8. The number of rotatable bonds is 13. The van der Waals surface area contributed by atoms with Crippen molar-refractivity contribution in [3.8, 4) is 0 Å². The molecular weight excluding hydrogens is 230 g/mol. The average molecular weight is 259 g/mol. The second-order valence-corrected chi connectivity index (χ2v) is 4.62. The van der Waals surface area contributed by atoms with E-state index in [2.05, 4.69) is 12.2 Å². The number of carboxylic acids is 1. The van der Waals surface area contributed by atoms with Crippen LogP contribution in [0.2, 0.25) is 0 Å². The monoisotopic (exact) mass is 259 g/mol. The van der Waals surface area contributed by atoms with Crippen LogP contribution in [0.15, 0.2) is 0 Å². The van der Waals surface area contributed by atoms with Crippen LogP contribution in [0.4, 0.5) is 0 Å². The summed E-state index contributed by atoms with van der Waals surface area (Å²) < 4.78 is 5.46. The second-order valence-electron chi connectivity index (χ2n) is 4.62. The molecule has 0 saturated carbocycles. The molecule has 0 saturated heterocycles. The fraction of sp³-hybridized carbons (Fsp3) is 0.929. The van der Waals surface area contributed by atoms with Crippen molar-refractivity contribution < 1.29 is 14.6 Å². The van der Waals surface area contributed by atoms with Crippen LogP contribution in [0.3, 0.4) is 0 Å². The molecule has 0 aromatic carbocycles. The highest BCUT2D eigenvalue weighted by Gasteiger charge is 2.14. The molecule has 18 heavy (non-hydrogen) atoms. The molecule has 0 aliphatic rings. The van der Waals surface area contributed by atoms with Gasteiger partial charge in [-0.05, 0) is 19.4 Å². The van der Waals surface area contributed by atoms with E-state index in [0.717, 1.165) is 13.0 Å². The van der Waals surface area contributed by atoms with Gasteiger partial charge in [-0.2, -0.15) is 0 Å². The molecule has 0 aliphatic carbocycles. The number of aliphatic carboxylic acids is 1. The van der Waals surface area contributed by atoms with Crippen molar-refractivity contribution in [1.82, 2.24) is 5.32 Å². The van der Waals surface area contributed by atoms with E-state index in [1.165, 1.54) is 32.1 Å². The van der Waals surface area contributed by atoms with E-state index >= 15 is 0 Å². The minimum atomic E-state index is -0.792. The van der Waals surface area contributed by atoms with Gasteiger partial charge in [-0.3, -0.25) is 4.79 Å². The lowest BCUT2D eigenvalue weighted by Crippen LogP contribution is -2.37. The predicted molar refractivity (Wildman–Crippen MR) is 73.9 cm³/mol. The molecule has 1 atom stereocenters. The van der Waals surface area contributed by atoms with Gasteiger partial charge >= 0.3 is 5.97 Å². The van der Waals surface area contributed by atoms with Crippen LogP contribution in [0.1, 0.15) is 58.8 Å². The van der Waals surface area contributed by atoms with Crippen LogP contribution >= 0.6 is 0 Å². The fourth-order valence-electron chi connectivity index (χ4n) is 1.85. The van der Waals surface area contributed by atoms with Crippen molar-refractivity contribution in [3.05, 3.63) is 0 Å². The first-order valence-electron chi connectivity index (χ1n) is 7.26. The van der Waals surface area contributed by atoms with Gasteiger partial charge in [0.2, 0.25) is 0 Å². The zero-order valence-corrected chi connectivity index (χ0v) is 11.9. The summed E-state index contributed by atoms with van der Waals surface area (Å²) in [6.45, 7) is 6.08. The maximum Gasteiger partial charge on any atom is 0.320 e. The van der Waals surface area contributed by atoms with E-state index in [9.17, 15) is 4.79 Å². The summed E-state index contributed by atoms with van der Waals surface area (Å²) in [5.41, 5.74) is 0. The van der Waals surface area contributed by atoms with Crippen molar-refractivity contribution in [1.29, 1.82) is 0 Å². The molecule has 0 aromatic rings. The summed E-state index contributed by atoms with van der Waals surface area (Å²) in [5, 5.41) is 11.8. The van der Waals surface area contributed by atoms with E-state index in [0.29, 0.717) is 19.6 Å². The summed E-state index contributed by atoms with van der Waals surface area (Å²) in [6.07, 6.45) is 8.04. The van der Waals surface area contributed by atoms with Gasteiger partial charge < -0.3 is 15.2 Å². The number of carbonyl (C=O) groups is 1. The number of nitrogens with one attached hydrogen (secondary N) is 1. The molecule has 0 spiro atoms. The molecule has 0 aliphatic heterocycles. The van der Waals surface area contributed by atoms with Gasteiger partial charge in [0, 0.05) is 13.2 Å². The third kappa shape index (κ3) is 10.5. The Hall–Kier alpha value is -0.610. The lowest BCUT2D eigenvalue weighted by atomic mass is 10.1. The Bertz CT molecular complexity index is 197. The molecule has 0 rings (SSSR count). The Balaban J connectivity index is 3.30. The number of carboxylic acid groups (broad SMARTS) is 1. The zero-order chi connectivity index (χ0) is 13.6. The van der Waals surface area contributed by atoms with Gasteiger partial charge in [-0.1, -0.05) is 46.0 Å². The van der Waals surface area contributed by atoms with Gasteiger partial charge in [-0.15, -0.1) is 0 Å². The van der Waals surface area contributed by atoms with Crippen molar-refractivity contribution in [2.24, 2.45) is 0 Å². The maximum absolute atomic E-state index is 10.8. The van der Waals surface area contributed by atoms with Crippen LogP contribution in [-0.4, -0.2) is 36.9 Å². The molecule has 4 nitrogen and oxygen atoms in total. The number of hydrogen-bond acceptors (Lipinski definition) is 3. The Morgan fingerprint density at radius 1 is 1.11 bits per heavy atom. The molecule has 1 unspecified atom stereocenters. The third-order valence-electron chi connectivity index (χ3n) is 2.94. The smallest absolute Gasteiger partial charge is 0.320 e. The Labute approximate surface area is 111 Å². The first-order chi connectivity index (χ1) is 8.72. The normalized spacial score (nSPS) is 12.6. The summed E-state index contributed by atoms with van der Waals surface area (Å²) >= 11 is 0. The van der Waals surface area contributed by atoms with Gasteiger partial charge in [0.1, 0.15) is 6.04 Å². The first-order valence-corrected chi connectivity index (χ1v) is 7.26. The highest BCUT2D eigenvalue weighted by Crippen LogP contribution is 2.05. The number of unbranched alkanes of at least 4 members (excludes halogenated alkanes) is 5. The number of likely N-dealkylation sites (N-methyl/N-ethyl adjacent to an activating group) is 1. The summed E-state index contributed by atoms with van der Waals surface area (Å²) in [6, 6.07) is -0.473.